The molecular formula is C19H17BrFN3O2S. The lowest BCUT2D eigenvalue weighted by Gasteiger charge is -2.20. The fourth-order valence-electron chi connectivity index (χ4n) is 2.46. The largest absolute Gasteiger partial charge is 0.411 e. The molecule has 8 heteroatoms. The highest BCUT2D eigenvalue weighted by Crippen LogP contribution is 2.29. The third-order valence-corrected chi connectivity index (χ3v) is 5.32. The van der Waals surface area contributed by atoms with E-state index in [1.54, 1.807) is 17.0 Å². The molecule has 0 saturated carbocycles. The summed E-state index contributed by atoms with van der Waals surface area (Å²) in [7, 11) is 0. The predicted molar refractivity (Wildman–Crippen MR) is 106 cm³/mol. The molecular weight excluding hydrogens is 433 g/mol. The topological polar surface area (TPSA) is 59.2 Å². The zero-order valence-corrected chi connectivity index (χ0v) is 17.0. The van der Waals surface area contributed by atoms with Gasteiger partial charge in [0.15, 0.2) is 0 Å². The van der Waals surface area contributed by atoms with Crippen LogP contribution in [0, 0.1) is 5.82 Å². The second-order valence-corrected chi connectivity index (χ2v) is 7.46. The maximum atomic E-state index is 13.3. The van der Waals surface area contributed by atoms with Gasteiger partial charge in [0.25, 0.3) is 5.22 Å². The predicted octanol–water partition coefficient (Wildman–Crippen LogP) is 4.78. The smallest absolute Gasteiger partial charge is 0.277 e. The fourth-order valence-corrected chi connectivity index (χ4v) is 3.58. The molecule has 27 heavy (non-hydrogen) atoms. The van der Waals surface area contributed by atoms with Gasteiger partial charge in [-0.15, -0.1) is 10.2 Å². The molecule has 3 rings (SSSR count). The minimum atomic E-state index is -0.309. The molecule has 3 aromatic rings. The molecule has 0 aliphatic rings. The third kappa shape index (κ3) is 5.17. The van der Waals surface area contributed by atoms with Crippen LogP contribution in [-0.4, -0.2) is 33.3 Å². The molecule has 5 nitrogen and oxygen atoms in total. The first kappa shape index (κ1) is 19.6. The SMILES string of the molecule is CCN(Cc1cccc(F)c1)C(=O)CSc1nnc(-c2ccccc2Br)o1. The van der Waals surface area contributed by atoms with Crippen LogP contribution in [0.3, 0.4) is 0 Å². The molecule has 0 unspecified atom stereocenters. The number of carbonyl (C=O) groups is 1. The maximum absolute atomic E-state index is 13.3. The number of halogens is 2. The molecule has 0 N–H and O–H groups in total. The monoisotopic (exact) mass is 449 g/mol. The van der Waals surface area contributed by atoms with Crippen molar-refractivity contribution in [2.24, 2.45) is 0 Å². The van der Waals surface area contributed by atoms with Crippen molar-refractivity contribution >= 4 is 33.6 Å². The first-order valence-electron chi connectivity index (χ1n) is 8.30. The molecule has 1 aromatic heterocycles. The number of hydrogen-bond acceptors (Lipinski definition) is 5. The van der Waals surface area contributed by atoms with Crippen molar-refractivity contribution in [3.05, 3.63) is 64.4 Å². The normalized spacial score (nSPS) is 10.8. The van der Waals surface area contributed by atoms with Crippen LogP contribution >= 0.6 is 27.7 Å². The molecule has 140 valence electrons. The Balaban J connectivity index is 1.60. The van der Waals surface area contributed by atoms with E-state index in [2.05, 4.69) is 26.1 Å². The van der Waals surface area contributed by atoms with Crippen molar-refractivity contribution in [3.63, 3.8) is 0 Å². The van der Waals surface area contributed by atoms with Gasteiger partial charge in [0, 0.05) is 17.6 Å². The van der Waals surface area contributed by atoms with Crippen LogP contribution in [0.25, 0.3) is 11.5 Å². The van der Waals surface area contributed by atoms with Crippen LogP contribution in [-0.2, 0) is 11.3 Å². The summed E-state index contributed by atoms with van der Waals surface area (Å²) in [6.07, 6.45) is 0. The van der Waals surface area contributed by atoms with E-state index in [0.717, 1.165) is 15.6 Å². The Labute approximate surface area is 169 Å². The van der Waals surface area contributed by atoms with Crippen molar-refractivity contribution in [3.8, 4) is 11.5 Å². The Morgan fingerprint density at radius 1 is 1.22 bits per heavy atom. The van der Waals surface area contributed by atoms with Crippen molar-refractivity contribution in [2.75, 3.05) is 12.3 Å². The van der Waals surface area contributed by atoms with Gasteiger partial charge in [0.1, 0.15) is 5.82 Å². The summed E-state index contributed by atoms with van der Waals surface area (Å²) in [5.41, 5.74) is 1.55. The maximum Gasteiger partial charge on any atom is 0.277 e. The Kier molecular flexibility index (Phi) is 6.63. The van der Waals surface area contributed by atoms with Crippen LogP contribution in [0.4, 0.5) is 4.39 Å². The molecule has 0 fully saturated rings. The van der Waals surface area contributed by atoms with E-state index in [0.29, 0.717) is 24.2 Å². The molecule has 0 atom stereocenters. The molecule has 0 bridgehead atoms. The number of carbonyl (C=O) groups excluding carboxylic acids is 1. The van der Waals surface area contributed by atoms with Gasteiger partial charge in [-0.3, -0.25) is 4.79 Å². The number of aromatic nitrogens is 2. The van der Waals surface area contributed by atoms with Crippen LogP contribution < -0.4 is 0 Å². The van der Waals surface area contributed by atoms with Gasteiger partial charge >= 0.3 is 0 Å². The summed E-state index contributed by atoms with van der Waals surface area (Å²) >= 11 is 4.63. The number of benzene rings is 2. The first-order chi connectivity index (χ1) is 13.1. The summed E-state index contributed by atoms with van der Waals surface area (Å²) in [5.74, 6) is 0.175. The van der Waals surface area contributed by atoms with Gasteiger partial charge in [0.05, 0.1) is 11.3 Å². The average Bonchev–Trinajstić information content (AvgIpc) is 3.13. The summed E-state index contributed by atoms with van der Waals surface area (Å²) in [5, 5.41) is 8.35. The Morgan fingerprint density at radius 2 is 2.04 bits per heavy atom. The van der Waals surface area contributed by atoms with E-state index < -0.39 is 0 Å². The van der Waals surface area contributed by atoms with E-state index >= 15 is 0 Å². The number of hydrogen-bond donors (Lipinski definition) is 0. The summed E-state index contributed by atoms with van der Waals surface area (Å²) in [4.78, 5) is 14.1. The summed E-state index contributed by atoms with van der Waals surface area (Å²) in [6, 6.07) is 13.8. The standard InChI is InChI=1S/C19H17BrFN3O2S/c1-2-24(11-13-6-5-7-14(21)10-13)17(25)12-27-19-23-22-18(26-19)15-8-3-4-9-16(15)20/h3-10H,2,11-12H2,1H3. The van der Waals surface area contributed by atoms with Crippen molar-refractivity contribution in [2.45, 2.75) is 18.7 Å². The summed E-state index contributed by atoms with van der Waals surface area (Å²) < 4.78 is 19.8. The molecule has 2 aromatic carbocycles. The molecule has 0 spiro atoms. The Hall–Kier alpha value is -2.19. The van der Waals surface area contributed by atoms with Crippen molar-refractivity contribution in [1.82, 2.24) is 15.1 Å². The fraction of sp³-hybridized carbons (Fsp3) is 0.211. The average molecular weight is 450 g/mol. The first-order valence-corrected chi connectivity index (χ1v) is 10.1. The number of amides is 1. The van der Waals surface area contributed by atoms with Gasteiger partial charge in [-0.2, -0.15) is 0 Å². The van der Waals surface area contributed by atoms with Crippen molar-refractivity contribution in [1.29, 1.82) is 0 Å². The highest BCUT2D eigenvalue weighted by Gasteiger charge is 2.16. The molecule has 0 aliphatic carbocycles. The van der Waals surface area contributed by atoms with Crippen LogP contribution in [0.5, 0.6) is 0 Å². The zero-order chi connectivity index (χ0) is 19.2. The number of rotatable bonds is 7. The molecule has 1 amide bonds. The zero-order valence-electron chi connectivity index (χ0n) is 14.6. The Bertz CT molecular complexity index is 935. The number of nitrogens with zero attached hydrogens (tertiary/aromatic N) is 3. The lowest BCUT2D eigenvalue weighted by Crippen LogP contribution is -2.31. The minimum Gasteiger partial charge on any atom is -0.411 e. The van der Waals surface area contributed by atoms with E-state index in [4.69, 9.17) is 4.42 Å². The van der Waals surface area contributed by atoms with Crippen molar-refractivity contribution < 1.29 is 13.6 Å². The van der Waals surface area contributed by atoms with Gasteiger partial charge in [-0.25, -0.2) is 4.39 Å². The second kappa shape index (κ2) is 9.14. The lowest BCUT2D eigenvalue weighted by atomic mass is 10.2. The van der Waals surface area contributed by atoms with Gasteiger partial charge in [0.2, 0.25) is 11.8 Å². The highest BCUT2D eigenvalue weighted by atomic mass is 79.9. The minimum absolute atomic E-state index is 0.0765. The number of thioether (sulfide) groups is 1. The second-order valence-electron chi connectivity index (χ2n) is 5.68. The third-order valence-electron chi connectivity index (χ3n) is 3.83. The van der Waals surface area contributed by atoms with E-state index in [9.17, 15) is 9.18 Å². The highest BCUT2D eigenvalue weighted by molar-refractivity contribution is 9.10. The Morgan fingerprint density at radius 3 is 2.78 bits per heavy atom. The molecule has 0 aliphatic heterocycles. The van der Waals surface area contributed by atoms with Crippen LogP contribution in [0.15, 0.2) is 62.6 Å². The van der Waals surface area contributed by atoms with Crippen LogP contribution in [0.1, 0.15) is 12.5 Å². The van der Waals surface area contributed by atoms with E-state index in [1.807, 2.05) is 31.2 Å². The molecule has 0 saturated heterocycles. The van der Waals surface area contributed by atoms with Gasteiger partial charge < -0.3 is 9.32 Å². The molecule has 1 heterocycles. The van der Waals surface area contributed by atoms with E-state index in [-0.39, 0.29) is 17.5 Å². The van der Waals surface area contributed by atoms with Crippen LogP contribution in [0.2, 0.25) is 0 Å². The summed E-state index contributed by atoms with van der Waals surface area (Å²) in [6.45, 7) is 2.78. The quantitative estimate of drug-likeness (QED) is 0.485. The molecule has 0 radical (unpaired) electrons. The lowest BCUT2D eigenvalue weighted by molar-refractivity contribution is -0.128. The van der Waals surface area contributed by atoms with Gasteiger partial charge in [-0.1, -0.05) is 36.0 Å². The van der Waals surface area contributed by atoms with E-state index in [1.165, 1.54) is 23.9 Å². The van der Waals surface area contributed by atoms with Gasteiger partial charge in [-0.05, 0) is 52.7 Å².